The van der Waals surface area contributed by atoms with Crippen LogP contribution in [0.3, 0.4) is 0 Å². The third-order valence-electron chi connectivity index (χ3n) is 1.55. The van der Waals surface area contributed by atoms with Crippen molar-refractivity contribution < 1.29 is 14.6 Å². The predicted molar refractivity (Wildman–Crippen MR) is 45.7 cm³/mol. The van der Waals surface area contributed by atoms with Gasteiger partial charge in [0.1, 0.15) is 6.33 Å². The number of hydrogen-bond acceptors (Lipinski definition) is 3. The maximum Gasteiger partial charge on any atom is 0.416 e. The van der Waals surface area contributed by atoms with Crippen LogP contribution in [-0.4, -0.2) is 34.0 Å². The second-order valence-electron chi connectivity index (χ2n) is 2.57. The molecule has 2 rings (SSSR count). The molecule has 1 saturated heterocycles. The molecule has 1 N–H and O–H groups in total. The van der Waals surface area contributed by atoms with Gasteiger partial charge in [0, 0.05) is 25.6 Å². The standard InChI is InChI=1S/C4H4N2O2.C4H8O/c7-4(8)6-2-1-5-3-6;1-2-4-5-3-1/h1-3H,(H,7,8);1-4H2. The Morgan fingerprint density at radius 1 is 1.46 bits per heavy atom. The van der Waals surface area contributed by atoms with Crippen molar-refractivity contribution in [3.05, 3.63) is 18.7 Å². The van der Waals surface area contributed by atoms with E-state index in [1.54, 1.807) is 0 Å². The van der Waals surface area contributed by atoms with E-state index >= 15 is 0 Å². The smallest absolute Gasteiger partial charge is 0.416 e. The van der Waals surface area contributed by atoms with Crippen LogP contribution in [-0.2, 0) is 4.74 Å². The second-order valence-corrected chi connectivity index (χ2v) is 2.57. The number of ether oxygens (including phenoxy) is 1. The van der Waals surface area contributed by atoms with E-state index < -0.39 is 6.09 Å². The molecule has 13 heavy (non-hydrogen) atoms. The highest BCUT2D eigenvalue weighted by molar-refractivity contribution is 5.67. The lowest BCUT2D eigenvalue weighted by Crippen LogP contribution is -2.03. The van der Waals surface area contributed by atoms with Crippen molar-refractivity contribution >= 4 is 6.09 Å². The molecule has 0 spiro atoms. The molecule has 0 atom stereocenters. The van der Waals surface area contributed by atoms with Crippen molar-refractivity contribution in [1.29, 1.82) is 0 Å². The Hall–Kier alpha value is -1.36. The summed E-state index contributed by atoms with van der Waals surface area (Å²) in [6.45, 7) is 2.00. The molecule has 0 amide bonds. The normalized spacial score (nSPS) is 14.8. The highest BCUT2D eigenvalue weighted by Gasteiger charge is 1.95. The maximum absolute atomic E-state index is 9.98. The Balaban J connectivity index is 0.000000145. The van der Waals surface area contributed by atoms with Gasteiger partial charge < -0.3 is 9.84 Å². The molecule has 1 aliphatic heterocycles. The zero-order valence-electron chi connectivity index (χ0n) is 7.22. The molecule has 72 valence electrons. The van der Waals surface area contributed by atoms with Gasteiger partial charge in [-0.05, 0) is 12.8 Å². The average molecular weight is 184 g/mol. The minimum atomic E-state index is -1.01. The SMILES string of the molecule is C1CCOC1.O=C(O)n1ccnc1. The van der Waals surface area contributed by atoms with Crippen molar-refractivity contribution in [2.45, 2.75) is 12.8 Å². The second kappa shape index (κ2) is 5.31. The van der Waals surface area contributed by atoms with Gasteiger partial charge in [-0.3, -0.25) is 0 Å². The van der Waals surface area contributed by atoms with Gasteiger partial charge in [0.05, 0.1) is 0 Å². The van der Waals surface area contributed by atoms with Crippen LogP contribution in [0.15, 0.2) is 18.7 Å². The molecular formula is C8H12N2O3. The number of imidazole rings is 1. The maximum atomic E-state index is 9.98. The van der Waals surface area contributed by atoms with E-state index in [9.17, 15) is 4.79 Å². The number of nitrogens with zero attached hydrogens (tertiary/aromatic N) is 2. The highest BCUT2D eigenvalue weighted by atomic mass is 16.5. The number of carboxylic acid groups (broad SMARTS) is 1. The van der Waals surface area contributed by atoms with Crippen LogP contribution >= 0.6 is 0 Å². The summed E-state index contributed by atoms with van der Waals surface area (Å²) in [6, 6.07) is 0. The van der Waals surface area contributed by atoms with Crippen molar-refractivity contribution in [2.24, 2.45) is 0 Å². The van der Waals surface area contributed by atoms with E-state index in [0.717, 1.165) is 17.8 Å². The van der Waals surface area contributed by atoms with Crippen LogP contribution in [0, 0.1) is 0 Å². The summed E-state index contributed by atoms with van der Waals surface area (Å²) in [7, 11) is 0. The van der Waals surface area contributed by atoms with Crippen LogP contribution in [0.4, 0.5) is 4.79 Å². The van der Waals surface area contributed by atoms with Gasteiger partial charge in [-0.1, -0.05) is 0 Å². The zero-order chi connectivity index (χ0) is 9.52. The van der Waals surface area contributed by atoms with Crippen molar-refractivity contribution in [3.63, 3.8) is 0 Å². The minimum Gasteiger partial charge on any atom is -0.464 e. The molecule has 1 fully saturated rings. The molecule has 0 aromatic carbocycles. The molecule has 0 bridgehead atoms. The molecule has 1 aromatic heterocycles. The Morgan fingerprint density at radius 2 is 2.15 bits per heavy atom. The van der Waals surface area contributed by atoms with E-state index in [2.05, 4.69) is 4.98 Å². The number of hydrogen-bond donors (Lipinski definition) is 1. The van der Waals surface area contributed by atoms with E-state index in [1.807, 2.05) is 0 Å². The summed E-state index contributed by atoms with van der Waals surface area (Å²) in [4.78, 5) is 13.5. The van der Waals surface area contributed by atoms with Gasteiger partial charge >= 0.3 is 6.09 Å². The van der Waals surface area contributed by atoms with Crippen molar-refractivity contribution in [1.82, 2.24) is 9.55 Å². The van der Waals surface area contributed by atoms with Gasteiger partial charge in [0.25, 0.3) is 0 Å². The first-order chi connectivity index (χ1) is 6.30. The van der Waals surface area contributed by atoms with E-state index in [1.165, 1.54) is 31.6 Å². The molecule has 0 saturated carbocycles. The predicted octanol–water partition coefficient (Wildman–Crippen LogP) is 1.21. The van der Waals surface area contributed by atoms with Crippen LogP contribution in [0.5, 0.6) is 0 Å². The average Bonchev–Trinajstić information content (AvgIpc) is 2.82. The van der Waals surface area contributed by atoms with E-state index in [0.29, 0.717) is 0 Å². The molecule has 0 unspecified atom stereocenters. The first kappa shape index (κ1) is 9.73. The topological polar surface area (TPSA) is 64.3 Å². The lowest BCUT2D eigenvalue weighted by atomic mass is 10.4. The Bertz CT molecular complexity index is 234. The molecular weight excluding hydrogens is 172 g/mol. The highest BCUT2D eigenvalue weighted by Crippen LogP contribution is 1.98. The first-order valence-corrected chi connectivity index (χ1v) is 4.09. The number of rotatable bonds is 0. The third kappa shape index (κ3) is 3.71. The van der Waals surface area contributed by atoms with Crippen molar-refractivity contribution in [2.75, 3.05) is 13.2 Å². The van der Waals surface area contributed by atoms with E-state index in [4.69, 9.17) is 9.84 Å². The molecule has 0 radical (unpaired) electrons. The lowest BCUT2D eigenvalue weighted by Gasteiger charge is -1.85. The summed E-state index contributed by atoms with van der Waals surface area (Å²) < 4.78 is 5.92. The van der Waals surface area contributed by atoms with Crippen LogP contribution in [0.2, 0.25) is 0 Å². The monoisotopic (exact) mass is 184 g/mol. The molecule has 2 heterocycles. The molecule has 5 heteroatoms. The van der Waals surface area contributed by atoms with Crippen molar-refractivity contribution in [3.8, 4) is 0 Å². The summed E-state index contributed by atoms with van der Waals surface area (Å²) in [5.41, 5.74) is 0. The van der Waals surface area contributed by atoms with Gasteiger partial charge in [0.2, 0.25) is 0 Å². The summed E-state index contributed by atoms with van der Waals surface area (Å²) >= 11 is 0. The van der Waals surface area contributed by atoms with Gasteiger partial charge in [-0.15, -0.1) is 0 Å². The minimum absolute atomic E-state index is 0.972. The third-order valence-corrected chi connectivity index (χ3v) is 1.55. The summed E-state index contributed by atoms with van der Waals surface area (Å²) in [6.07, 6.45) is 5.54. The van der Waals surface area contributed by atoms with Gasteiger partial charge in [-0.25, -0.2) is 14.3 Å². The molecule has 0 aliphatic carbocycles. The fourth-order valence-electron chi connectivity index (χ4n) is 0.883. The lowest BCUT2D eigenvalue weighted by molar-refractivity contribution is 0.196. The Morgan fingerprint density at radius 3 is 2.38 bits per heavy atom. The van der Waals surface area contributed by atoms with E-state index in [-0.39, 0.29) is 0 Å². The first-order valence-electron chi connectivity index (χ1n) is 4.09. The fraction of sp³-hybridized carbons (Fsp3) is 0.500. The van der Waals surface area contributed by atoms with Gasteiger partial charge in [-0.2, -0.15) is 0 Å². The fourth-order valence-corrected chi connectivity index (χ4v) is 0.883. The molecule has 1 aliphatic rings. The molecule has 1 aromatic rings. The summed E-state index contributed by atoms with van der Waals surface area (Å²) in [5, 5.41) is 8.20. The van der Waals surface area contributed by atoms with Gasteiger partial charge in [0.15, 0.2) is 0 Å². The largest absolute Gasteiger partial charge is 0.464 e. The number of carbonyl (C=O) groups is 1. The zero-order valence-corrected chi connectivity index (χ0v) is 7.22. The Labute approximate surface area is 76.0 Å². The van der Waals surface area contributed by atoms with Crippen LogP contribution in [0.25, 0.3) is 0 Å². The summed E-state index contributed by atoms with van der Waals surface area (Å²) in [5.74, 6) is 0. The molecule has 5 nitrogen and oxygen atoms in total. The Kier molecular flexibility index (Phi) is 3.98. The van der Waals surface area contributed by atoms with Crippen LogP contribution < -0.4 is 0 Å². The van der Waals surface area contributed by atoms with Crippen LogP contribution in [0.1, 0.15) is 12.8 Å². The number of aromatic nitrogens is 2. The quantitative estimate of drug-likeness (QED) is 0.658.